The summed E-state index contributed by atoms with van der Waals surface area (Å²) in [5.74, 6) is 4.55. The van der Waals surface area contributed by atoms with Gasteiger partial charge >= 0.3 is 179 Å². The summed E-state index contributed by atoms with van der Waals surface area (Å²) >= 11 is -3.03. The molecule has 3 aromatic rings. The van der Waals surface area contributed by atoms with Crippen LogP contribution in [0.4, 0.5) is 0 Å². The molecule has 152 valence electrons. The molecule has 0 saturated heterocycles. The molecule has 0 N–H and O–H groups in total. The Balaban J connectivity index is 1.84. The molecule has 1 nitrogen and oxygen atoms in total. The van der Waals surface area contributed by atoms with Crippen LogP contribution in [0.5, 0.6) is 0 Å². The van der Waals surface area contributed by atoms with Gasteiger partial charge in [0.25, 0.3) is 0 Å². The summed E-state index contributed by atoms with van der Waals surface area (Å²) in [7, 11) is 0. The summed E-state index contributed by atoms with van der Waals surface area (Å²) in [6.07, 6.45) is 4.20. The van der Waals surface area contributed by atoms with Crippen LogP contribution in [-0.2, 0) is 3.76 Å². The van der Waals surface area contributed by atoms with E-state index in [1.54, 1.807) is 0 Å². The van der Waals surface area contributed by atoms with E-state index in [-0.39, 0.29) is 0 Å². The zero-order valence-electron chi connectivity index (χ0n) is 18.3. The van der Waals surface area contributed by atoms with Crippen LogP contribution in [0.1, 0.15) is 40.0 Å². The molecular weight excluding hydrogens is 413 g/mol. The van der Waals surface area contributed by atoms with E-state index in [1.165, 1.54) is 38.8 Å². The summed E-state index contributed by atoms with van der Waals surface area (Å²) in [4.78, 5) is 0. The minimum atomic E-state index is -3.03. The molecule has 0 radical (unpaired) electrons. The van der Waals surface area contributed by atoms with Gasteiger partial charge in [-0.3, -0.25) is 0 Å². The van der Waals surface area contributed by atoms with Gasteiger partial charge in [0.1, 0.15) is 0 Å². The van der Waals surface area contributed by atoms with E-state index >= 15 is 0 Å². The Kier molecular flexibility index (Phi) is 6.17. The van der Waals surface area contributed by atoms with E-state index in [4.69, 9.17) is 3.76 Å². The standard InChI is InChI=1S/C27H34GeO/c1-20(2)24-18-17-21(3)19-27(24)29-28(4,23-13-6-5-7-14-23)26-16-10-12-22-11-8-9-15-25(22)26/h5-16,20-21,24,27H,17-19H2,1-4H3/t21-,24+,27-,28?/m1/s1. The monoisotopic (exact) mass is 448 g/mol. The van der Waals surface area contributed by atoms with Crippen LogP contribution in [0.25, 0.3) is 10.8 Å². The normalized spacial score (nSPS) is 24.5. The van der Waals surface area contributed by atoms with Gasteiger partial charge in [0.15, 0.2) is 0 Å². The first-order chi connectivity index (χ1) is 14.0. The maximum atomic E-state index is 7.39. The second-order valence-corrected chi connectivity index (χ2v) is 16.6. The van der Waals surface area contributed by atoms with Gasteiger partial charge in [-0.15, -0.1) is 0 Å². The van der Waals surface area contributed by atoms with Gasteiger partial charge in [-0.25, -0.2) is 0 Å². The molecule has 2 heteroatoms. The average molecular weight is 447 g/mol. The topological polar surface area (TPSA) is 9.23 Å². The molecule has 0 spiro atoms. The molecule has 1 unspecified atom stereocenters. The number of hydrogen-bond acceptors (Lipinski definition) is 1. The fourth-order valence-corrected chi connectivity index (χ4v) is 12.4. The Morgan fingerprint density at radius 3 is 2.31 bits per heavy atom. The first kappa shape index (κ1) is 20.7. The molecular formula is C27H34GeO. The molecule has 1 aliphatic rings. The zero-order chi connectivity index (χ0) is 20.4. The van der Waals surface area contributed by atoms with Gasteiger partial charge in [-0.05, 0) is 0 Å². The summed E-state index contributed by atoms with van der Waals surface area (Å²) in [5.41, 5.74) is 0. The van der Waals surface area contributed by atoms with Crippen LogP contribution in [0, 0.1) is 17.8 Å². The Morgan fingerprint density at radius 2 is 1.55 bits per heavy atom. The van der Waals surface area contributed by atoms with Crippen molar-refractivity contribution in [2.45, 2.75) is 51.9 Å². The first-order valence-electron chi connectivity index (χ1n) is 11.2. The van der Waals surface area contributed by atoms with Crippen molar-refractivity contribution in [2.24, 2.45) is 17.8 Å². The zero-order valence-corrected chi connectivity index (χ0v) is 20.4. The van der Waals surface area contributed by atoms with Crippen molar-refractivity contribution in [3.63, 3.8) is 0 Å². The van der Waals surface area contributed by atoms with Gasteiger partial charge in [0.2, 0.25) is 0 Å². The van der Waals surface area contributed by atoms with E-state index in [2.05, 4.69) is 99.3 Å². The van der Waals surface area contributed by atoms with Crippen molar-refractivity contribution in [1.29, 1.82) is 0 Å². The van der Waals surface area contributed by atoms with E-state index < -0.39 is 13.6 Å². The quantitative estimate of drug-likeness (QED) is 0.436. The van der Waals surface area contributed by atoms with E-state index in [0.29, 0.717) is 17.9 Å². The van der Waals surface area contributed by atoms with Gasteiger partial charge in [0.05, 0.1) is 0 Å². The molecule has 0 heterocycles. The van der Waals surface area contributed by atoms with Crippen LogP contribution in [0.2, 0.25) is 5.76 Å². The minimum absolute atomic E-state index is 0.364. The van der Waals surface area contributed by atoms with Crippen molar-refractivity contribution in [3.05, 3.63) is 72.8 Å². The Hall–Kier alpha value is -1.58. The predicted molar refractivity (Wildman–Crippen MR) is 127 cm³/mol. The fraction of sp³-hybridized carbons (Fsp3) is 0.407. The third-order valence-corrected chi connectivity index (χ3v) is 14.7. The molecule has 1 saturated carbocycles. The van der Waals surface area contributed by atoms with Gasteiger partial charge in [-0.2, -0.15) is 0 Å². The Morgan fingerprint density at radius 1 is 0.862 bits per heavy atom. The molecule has 29 heavy (non-hydrogen) atoms. The fourth-order valence-electron chi connectivity index (χ4n) is 5.24. The molecule has 0 aliphatic heterocycles. The van der Waals surface area contributed by atoms with E-state index in [1.807, 2.05) is 0 Å². The van der Waals surface area contributed by atoms with Crippen LogP contribution in [-0.4, -0.2) is 19.7 Å². The second kappa shape index (κ2) is 8.65. The number of hydrogen-bond donors (Lipinski definition) is 0. The summed E-state index contributed by atoms with van der Waals surface area (Å²) in [6.45, 7) is 7.15. The summed E-state index contributed by atoms with van der Waals surface area (Å²) in [6, 6.07) is 26.7. The summed E-state index contributed by atoms with van der Waals surface area (Å²) < 4.78 is 10.3. The molecule has 4 rings (SSSR count). The molecule has 1 aliphatic carbocycles. The molecule has 0 amide bonds. The van der Waals surface area contributed by atoms with Gasteiger partial charge in [-0.1, -0.05) is 0 Å². The van der Waals surface area contributed by atoms with Gasteiger partial charge in [0, 0.05) is 0 Å². The van der Waals surface area contributed by atoms with E-state index in [9.17, 15) is 0 Å². The van der Waals surface area contributed by atoms with Crippen LogP contribution in [0.3, 0.4) is 0 Å². The third-order valence-electron chi connectivity index (χ3n) is 6.98. The second-order valence-electron chi connectivity index (χ2n) is 9.41. The SMILES string of the molecule is CC(C)[C@@H]1CC[C@@H](C)C[C@H]1[O][Ge]([CH3])([c]1ccccc1)[c]1cccc2ccccc12. The third kappa shape index (κ3) is 4.18. The van der Waals surface area contributed by atoms with Crippen LogP contribution < -0.4 is 8.79 Å². The van der Waals surface area contributed by atoms with Crippen molar-refractivity contribution < 1.29 is 3.76 Å². The maximum absolute atomic E-state index is 7.39. The van der Waals surface area contributed by atoms with Crippen LogP contribution in [0.15, 0.2) is 72.8 Å². The average Bonchev–Trinajstić information content (AvgIpc) is 2.73. The first-order valence-corrected chi connectivity index (χ1v) is 16.3. The van der Waals surface area contributed by atoms with Crippen LogP contribution >= 0.6 is 0 Å². The molecule has 1 fully saturated rings. The molecule has 0 aromatic heterocycles. The number of rotatable bonds is 5. The van der Waals surface area contributed by atoms with Crippen molar-refractivity contribution in [3.8, 4) is 0 Å². The van der Waals surface area contributed by atoms with Gasteiger partial charge < -0.3 is 0 Å². The number of benzene rings is 3. The summed E-state index contributed by atoms with van der Waals surface area (Å²) in [5, 5.41) is 2.69. The molecule has 4 atom stereocenters. The predicted octanol–water partition coefficient (Wildman–Crippen LogP) is 6.01. The van der Waals surface area contributed by atoms with Crippen molar-refractivity contribution >= 4 is 33.2 Å². The Labute approximate surface area is 179 Å². The van der Waals surface area contributed by atoms with Crippen molar-refractivity contribution in [1.82, 2.24) is 0 Å². The van der Waals surface area contributed by atoms with E-state index in [0.717, 1.165) is 5.92 Å². The molecule has 0 bridgehead atoms. The Bertz CT molecular complexity index is 946. The number of fused-ring (bicyclic) bond motifs is 1. The molecule has 3 aromatic carbocycles. The van der Waals surface area contributed by atoms with Crippen molar-refractivity contribution in [2.75, 3.05) is 0 Å².